The molecule has 1 saturated carbocycles. The summed E-state index contributed by atoms with van der Waals surface area (Å²) in [5, 5.41) is 7.96. The Hall–Kier alpha value is -3.27. The van der Waals surface area contributed by atoms with Crippen molar-refractivity contribution in [3.63, 3.8) is 0 Å². The van der Waals surface area contributed by atoms with Gasteiger partial charge in [-0.1, -0.05) is 30.3 Å². The summed E-state index contributed by atoms with van der Waals surface area (Å²) < 4.78 is 11.3. The summed E-state index contributed by atoms with van der Waals surface area (Å²) in [6.07, 6.45) is 4.10. The molecule has 2 amide bonds. The summed E-state index contributed by atoms with van der Waals surface area (Å²) in [7, 11) is 0. The molecule has 2 aliphatic heterocycles. The van der Waals surface area contributed by atoms with Gasteiger partial charge in [0.1, 0.15) is 6.79 Å². The number of nitrogens with zero attached hydrogens (tertiary/aromatic N) is 1. The van der Waals surface area contributed by atoms with Crippen LogP contribution in [0.5, 0.6) is 0 Å². The first-order valence-corrected chi connectivity index (χ1v) is 12.7. The zero-order valence-corrected chi connectivity index (χ0v) is 20.6. The van der Waals surface area contributed by atoms with Gasteiger partial charge >= 0.3 is 0 Å². The standard InChI is InChI=1S/C27H28N4O4S/c32-25(28-10-9-18-13-29-21-4-2-1-3-19(18)21)17-7-5-16(6-8-17)14-31-26(33)20-11-23-24(35-15-34-23)12-22(20)30-27(31)36/h1-8,13,20,22-24,29H,9-12,14-15H2,(H,28,32)(H,30,36). The van der Waals surface area contributed by atoms with Gasteiger partial charge in [-0.3, -0.25) is 14.5 Å². The zero-order valence-electron chi connectivity index (χ0n) is 19.7. The summed E-state index contributed by atoms with van der Waals surface area (Å²) in [5.41, 5.74) is 3.77. The van der Waals surface area contributed by atoms with Crippen molar-refractivity contribution >= 4 is 40.0 Å². The van der Waals surface area contributed by atoms with Crippen molar-refractivity contribution < 1.29 is 19.1 Å². The van der Waals surface area contributed by atoms with Gasteiger partial charge in [-0.25, -0.2) is 0 Å². The van der Waals surface area contributed by atoms with Crippen LogP contribution in [0.3, 0.4) is 0 Å². The fourth-order valence-corrected chi connectivity index (χ4v) is 5.82. The minimum atomic E-state index is -0.179. The van der Waals surface area contributed by atoms with E-state index in [-0.39, 0.29) is 36.0 Å². The number of carbonyl (C=O) groups is 2. The molecule has 0 bridgehead atoms. The lowest BCUT2D eigenvalue weighted by Crippen LogP contribution is -2.63. The van der Waals surface area contributed by atoms with E-state index in [1.54, 1.807) is 17.0 Å². The number of aromatic nitrogens is 1. The number of carbonyl (C=O) groups excluding carboxylic acids is 2. The van der Waals surface area contributed by atoms with Crippen LogP contribution in [0.4, 0.5) is 0 Å². The molecule has 3 aromatic rings. The lowest BCUT2D eigenvalue weighted by molar-refractivity contribution is -0.137. The van der Waals surface area contributed by atoms with Crippen LogP contribution in [0.1, 0.15) is 34.3 Å². The number of rotatable bonds is 6. The topological polar surface area (TPSA) is 95.7 Å². The highest BCUT2D eigenvalue weighted by atomic mass is 32.1. The van der Waals surface area contributed by atoms with Crippen LogP contribution in [-0.4, -0.2) is 58.4 Å². The quantitative estimate of drug-likeness (QED) is 0.447. The van der Waals surface area contributed by atoms with Crippen molar-refractivity contribution in [2.75, 3.05) is 13.3 Å². The Morgan fingerprint density at radius 3 is 2.69 bits per heavy atom. The monoisotopic (exact) mass is 504 g/mol. The third-order valence-electron chi connectivity index (χ3n) is 7.49. The van der Waals surface area contributed by atoms with E-state index in [9.17, 15) is 9.59 Å². The molecule has 2 saturated heterocycles. The fraction of sp³-hybridized carbons (Fsp3) is 0.370. The van der Waals surface area contributed by atoms with E-state index >= 15 is 0 Å². The third kappa shape index (κ3) is 4.38. The zero-order chi connectivity index (χ0) is 24.6. The van der Waals surface area contributed by atoms with Gasteiger partial charge in [0.15, 0.2) is 5.11 Å². The van der Waals surface area contributed by atoms with Crippen LogP contribution in [0.2, 0.25) is 0 Å². The van der Waals surface area contributed by atoms with E-state index in [2.05, 4.69) is 21.7 Å². The van der Waals surface area contributed by atoms with Crippen LogP contribution in [0, 0.1) is 5.92 Å². The normalized spacial score (nSPS) is 25.4. The van der Waals surface area contributed by atoms with E-state index in [0.29, 0.717) is 37.0 Å². The van der Waals surface area contributed by atoms with Crippen LogP contribution >= 0.6 is 12.2 Å². The Morgan fingerprint density at radius 1 is 1.08 bits per heavy atom. The minimum Gasteiger partial charge on any atom is -0.361 e. The van der Waals surface area contributed by atoms with Crippen LogP contribution in [0.15, 0.2) is 54.7 Å². The first kappa shape index (κ1) is 23.1. The molecular formula is C27H28N4O4S. The summed E-state index contributed by atoms with van der Waals surface area (Å²) in [5.74, 6) is -0.273. The Bertz CT molecular complexity index is 1310. The molecular weight excluding hydrogens is 476 g/mol. The van der Waals surface area contributed by atoms with E-state index in [0.717, 1.165) is 23.9 Å². The van der Waals surface area contributed by atoms with Gasteiger partial charge < -0.3 is 25.1 Å². The third-order valence-corrected chi connectivity index (χ3v) is 7.82. The maximum atomic E-state index is 13.3. The molecule has 4 unspecified atom stereocenters. The molecule has 2 aromatic carbocycles. The molecule has 186 valence electrons. The van der Waals surface area contributed by atoms with E-state index in [1.807, 2.05) is 36.5 Å². The number of thiocarbonyl (C=S) groups is 1. The average molecular weight is 505 g/mol. The van der Waals surface area contributed by atoms with Crippen LogP contribution < -0.4 is 10.6 Å². The Balaban J connectivity index is 1.05. The number of ether oxygens (including phenoxy) is 2. The van der Waals surface area contributed by atoms with Crippen molar-refractivity contribution in [3.05, 3.63) is 71.4 Å². The van der Waals surface area contributed by atoms with Crippen LogP contribution in [-0.2, 0) is 27.2 Å². The molecule has 3 fully saturated rings. The highest BCUT2D eigenvalue weighted by Crippen LogP contribution is 2.35. The summed E-state index contributed by atoms with van der Waals surface area (Å²) >= 11 is 5.53. The molecule has 9 heteroatoms. The predicted octanol–water partition coefficient (Wildman–Crippen LogP) is 2.88. The predicted molar refractivity (Wildman–Crippen MR) is 138 cm³/mol. The molecule has 3 aliphatic rings. The largest absolute Gasteiger partial charge is 0.361 e. The van der Waals surface area contributed by atoms with Crippen molar-refractivity contribution in [1.29, 1.82) is 0 Å². The second kappa shape index (κ2) is 9.65. The summed E-state index contributed by atoms with van der Waals surface area (Å²) in [6.45, 7) is 1.20. The van der Waals surface area contributed by atoms with Gasteiger partial charge in [0.05, 0.1) is 24.7 Å². The SMILES string of the molecule is O=C(NCCc1c[nH]c2ccccc12)c1ccc(CN2C(=O)C3CC4OCOC4CC3NC2=S)cc1. The summed E-state index contributed by atoms with van der Waals surface area (Å²) in [6, 6.07) is 15.5. The van der Waals surface area contributed by atoms with Gasteiger partial charge in [0.2, 0.25) is 5.91 Å². The van der Waals surface area contributed by atoms with E-state index in [1.165, 1.54) is 10.9 Å². The number of hydrogen-bond acceptors (Lipinski definition) is 5. The van der Waals surface area contributed by atoms with Crippen molar-refractivity contribution in [3.8, 4) is 0 Å². The van der Waals surface area contributed by atoms with Gasteiger partial charge in [-0.05, 0) is 60.8 Å². The van der Waals surface area contributed by atoms with Crippen molar-refractivity contribution in [1.82, 2.24) is 20.5 Å². The van der Waals surface area contributed by atoms with Crippen LogP contribution in [0.25, 0.3) is 10.9 Å². The number of H-pyrrole nitrogens is 1. The molecule has 36 heavy (non-hydrogen) atoms. The van der Waals surface area contributed by atoms with Crippen molar-refractivity contribution in [2.45, 2.75) is 44.1 Å². The van der Waals surface area contributed by atoms with Gasteiger partial charge in [-0.2, -0.15) is 0 Å². The first-order valence-electron chi connectivity index (χ1n) is 12.3. The summed E-state index contributed by atoms with van der Waals surface area (Å²) in [4.78, 5) is 30.8. The van der Waals surface area contributed by atoms with E-state index in [4.69, 9.17) is 21.7 Å². The minimum absolute atomic E-state index is 0.0143. The molecule has 8 nitrogen and oxygen atoms in total. The molecule has 1 aliphatic carbocycles. The second-order valence-electron chi connectivity index (χ2n) is 9.65. The van der Waals surface area contributed by atoms with Crippen molar-refractivity contribution in [2.24, 2.45) is 5.92 Å². The van der Waals surface area contributed by atoms with Gasteiger partial charge in [0.25, 0.3) is 5.91 Å². The molecule has 3 N–H and O–H groups in total. The molecule has 3 heterocycles. The lowest BCUT2D eigenvalue weighted by Gasteiger charge is -2.44. The maximum absolute atomic E-state index is 13.3. The number of aromatic amines is 1. The van der Waals surface area contributed by atoms with Gasteiger partial charge in [-0.15, -0.1) is 0 Å². The Morgan fingerprint density at radius 2 is 1.86 bits per heavy atom. The average Bonchev–Trinajstić information content (AvgIpc) is 3.52. The highest BCUT2D eigenvalue weighted by Gasteiger charge is 2.48. The molecule has 1 aromatic heterocycles. The smallest absolute Gasteiger partial charge is 0.251 e. The molecule has 4 atom stereocenters. The Labute approximate surface area is 214 Å². The second-order valence-corrected chi connectivity index (χ2v) is 10.0. The Kier molecular flexibility index (Phi) is 6.20. The number of para-hydroxylation sites is 1. The number of hydrogen-bond donors (Lipinski definition) is 3. The molecule has 0 spiro atoms. The number of benzene rings is 2. The molecule has 6 rings (SSSR count). The van der Waals surface area contributed by atoms with E-state index < -0.39 is 0 Å². The fourth-order valence-electron chi connectivity index (χ4n) is 5.51. The first-order chi connectivity index (χ1) is 17.6. The maximum Gasteiger partial charge on any atom is 0.251 e. The number of fused-ring (bicyclic) bond motifs is 3. The number of amides is 2. The van der Waals surface area contributed by atoms with Gasteiger partial charge in [0, 0.05) is 35.2 Å². The lowest BCUT2D eigenvalue weighted by atomic mass is 9.79. The number of nitrogens with one attached hydrogen (secondary N) is 3. The molecule has 0 radical (unpaired) electrons. The highest BCUT2D eigenvalue weighted by molar-refractivity contribution is 7.80.